The van der Waals surface area contributed by atoms with E-state index in [-0.39, 0.29) is 11.4 Å². The van der Waals surface area contributed by atoms with Crippen molar-refractivity contribution in [2.45, 2.75) is 19.3 Å². The van der Waals surface area contributed by atoms with E-state index in [1.165, 1.54) is 7.11 Å². The van der Waals surface area contributed by atoms with Crippen molar-refractivity contribution in [1.29, 1.82) is 0 Å². The number of ether oxygens (including phenoxy) is 1. The lowest BCUT2D eigenvalue weighted by Crippen LogP contribution is -2.37. The van der Waals surface area contributed by atoms with Crippen LogP contribution in [0.3, 0.4) is 0 Å². The Kier molecular flexibility index (Phi) is 3.47. The van der Waals surface area contributed by atoms with Crippen LogP contribution < -0.4 is 9.80 Å². The second kappa shape index (κ2) is 5.16. The summed E-state index contributed by atoms with van der Waals surface area (Å²) in [7, 11) is 5.40. The molecule has 1 aliphatic carbocycles. The third kappa shape index (κ3) is 2.22. The Bertz CT molecular complexity index is 548. The number of methoxy groups -OCH3 is 1. The van der Waals surface area contributed by atoms with Crippen LogP contribution in [0.4, 0.5) is 11.8 Å². The maximum absolute atomic E-state index is 12.3. The van der Waals surface area contributed by atoms with Gasteiger partial charge in [0.15, 0.2) is 0 Å². The molecule has 2 heterocycles. The van der Waals surface area contributed by atoms with E-state index in [9.17, 15) is 4.79 Å². The fraction of sp³-hybridized carbons (Fsp3) is 0.667. The Morgan fingerprint density at radius 3 is 3.05 bits per heavy atom. The van der Waals surface area contributed by atoms with Crippen LogP contribution in [0.25, 0.3) is 0 Å². The topological polar surface area (TPSA) is 58.6 Å². The molecule has 1 aliphatic heterocycles. The average Bonchev–Trinajstić information content (AvgIpc) is 3.04. The number of hydrogen-bond acceptors (Lipinski definition) is 6. The van der Waals surface area contributed by atoms with Gasteiger partial charge in [0, 0.05) is 33.4 Å². The van der Waals surface area contributed by atoms with Crippen LogP contribution in [0.2, 0.25) is 0 Å². The average molecular weight is 290 g/mol. The fourth-order valence-corrected chi connectivity index (χ4v) is 3.72. The monoisotopic (exact) mass is 290 g/mol. The second-order valence-corrected chi connectivity index (χ2v) is 6.23. The predicted octanol–water partition coefficient (Wildman–Crippen LogP) is 1.32. The predicted molar refractivity (Wildman–Crippen MR) is 80.4 cm³/mol. The first kappa shape index (κ1) is 14.1. The lowest BCUT2D eigenvalue weighted by molar-refractivity contribution is -0.152. The van der Waals surface area contributed by atoms with Crippen LogP contribution in [0.5, 0.6) is 0 Å². The van der Waals surface area contributed by atoms with E-state index < -0.39 is 0 Å². The van der Waals surface area contributed by atoms with Gasteiger partial charge in [-0.3, -0.25) is 4.79 Å². The molecule has 0 N–H and O–H groups in total. The van der Waals surface area contributed by atoms with Crippen LogP contribution in [-0.2, 0) is 9.53 Å². The van der Waals surface area contributed by atoms with Crippen molar-refractivity contribution in [1.82, 2.24) is 9.97 Å². The molecule has 0 aromatic carbocycles. The molecule has 2 unspecified atom stereocenters. The number of rotatable bonds is 3. The van der Waals surface area contributed by atoms with Gasteiger partial charge in [-0.25, -0.2) is 4.98 Å². The maximum Gasteiger partial charge on any atom is 0.313 e. The third-order valence-electron chi connectivity index (χ3n) is 4.83. The van der Waals surface area contributed by atoms with Crippen LogP contribution in [0, 0.1) is 11.3 Å². The molecule has 0 amide bonds. The molecule has 114 valence electrons. The number of nitrogens with zero attached hydrogens (tertiary/aromatic N) is 4. The SMILES string of the molecule is COC(=O)C12CCCC1CN(c1nccc(N(C)C)n1)C2. The molecule has 1 aromatic heterocycles. The normalized spacial score (nSPS) is 27.6. The minimum atomic E-state index is -0.355. The summed E-state index contributed by atoms with van der Waals surface area (Å²) in [6.07, 6.45) is 4.87. The summed E-state index contributed by atoms with van der Waals surface area (Å²) in [4.78, 5) is 25.3. The van der Waals surface area contributed by atoms with Gasteiger partial charge in [0.2, 0.25) is 5.95 Å². The summed E-state index contributed by atoms with van der Waals surface area (Å²) < 4.78 is 5.07. The van der Waals surface area contributed by atoms with Gasteiger partial charge in [-0.1, -0.05) is 6.42 Å². The van der Waals surface area contributed by atoms with Gasteiger partial charge in [0.1, 0.15) is 5.82 Å². The fourth-order valence-electron chi connectivity index (χ4n) is 3.72. The zero-order valence-corrected chi connectivity index (χ0v) is 12.9. The number of fused-ring (bicyclic) bond motifs is 1. The standard InChI is InChI=1S/C15H22N4O2/c1-18(2)12-6-8-16-14(17-12)19-9-11-5-4-7-15(11,10-19)13(20)21-3/h6,8,11H,4-5,7,9-10H2,1-3H3. The molecule has 1 saturated carbocycles. The van der Waals surface area contributed by atoms with E-state index in [2.05, 4.69) is 14.9 Å². The molecule has 6 nitrogen and oxygen atoms in total. The Morgan fingerprint density at radius 1 is 1.52 bits per heavy atom. The largest absolute Gasteiger partial charge is 0.469 e. The molecular weight excluding hydrogens is 268 g/mol. The van der Waals surface area contributed by atoms with E-state index in [4.69, 9.17) is 4.74 Å². The molecule has 2 fully saturated rings. The highest BCUT2D eigenvalue weighted by Crippen LogP contribution is 2.50. The van der Waals surface area contributed by atoms with Crippen molar-refractivity contribution < 1.29 is 9.53 Å². The third-order valence-corrected chi connectivity index (χ3v) is 4.83. The highest BCUT2D eigenvalue weighted by Gasteiger charge is 2.55. The molecule has 21 heavy (non-hydrogen) atoms. The molecule has 0 bridgehead atoms. The molecule has 0 radical (unpaired) electrons. The molecule has 0 spiro atoms. The molecule has 6 heteroatoms. The summed E-state index contributed by atoms with van der Waals surface area (Å²) in [5, 5.41) is 0. The van der Waals surface area contributed by atoms with Crippen molar-refractivity contribution in [2.24, 2.45) is 11.3 Å². The number of esters is 1. The first-order chi connectivity index (χ1) is 10.1. The number of carbonyl (C=O) groups excluding carboxylic acids is 1. The van der Waals surface area contributed by atoms with Crippen molar-refractivity contribution >= 4 is 17.7 Å². The summed E-state index contributed by atoms with van der Waals surface area (Å²) >= 11 is 0. The van der Waals surface area contributed by atoms with Crippen LogP contribution >= 0.6 is 0 Å². The molecule has 3 rings (SSSR count). The van der Waals surface area contributed by atoms with E-state index >= 15 is 0 Å². The van der Waals surface area contributed by atoms with Crippen LogP contribution in [-0.4, -0.2) is 50.2 Å². The van der Waals surface area contributed by atoms with E-state index in [1.54, 1.807) is 6.20 Å². The highest BCUT2D eigenvalue weighted by atomic mass is 16.5. The van der Waals surface area contributed by atoms with E-state index in [1.807, 2.05) is 25.1 Å². The molecule has 1 saturated heterocycles. The Morgan fingerprint density at radius 2 is 2.33 bits per heavy atom. The minimum Gasteiger partial charge on any atom is -0.469 e. The number of carbonyl (C=O) groups is 1. The quantitative estimate of drug-likeness (QED) is 0.783. The summed E-state index contributed by atoms with van der Waals surface area (Å²) in [5.74, 6) is 1.87. The first-order valence-electron chi connectivity index (χ1n) is 7.40. The van der Waals surface area contributed by atoms with Crippen LogP contribution in [0.1, 0.15) is 19.3 Å². The number of aromatic nitrogens is 2. The van der Waals surface area contributed by atoms with Crippen molar-refractivity contribution in [3.63, 3.8) is 0 Å². The molecular formula is C15H22N4O2. The minimum absolute atomic E-state index is 0.0729. The highest BCUT2D eigenvalue weighted by molar-refractivity contribution is 5.79. The van der Waals surface area contributed by atoms with Gasteiger partial charge < -0.3 is 14.5 Å². The zero-order chi connectivity index (χ0) is 15.0. The van der Waals surface area contributed by atoms with Gasteiger partial charge in [0.05, 0.1) is 12.5 Å². The summed E-state index contributed by atoms with van der Waals surface area (Å²) in [6.45, 7) is 1.51. The van der Waals surface area contributed by atoms with Gasteiger partial charge in [-0.05, 0) is 24.8 Å². The lowest BCUT2D eigenvalue weighted by Gasteiger charge is -2.25. The van der Waals surface area contributed by atoms with Gasteiger partial charge in [-0.2, -0.15) is 4.98 Å². The zero-order valence-electron chi connectivity index (χ0n) is 12.9. The molecule has 1 aromatic rings. The smallest absolute Gasteiger partial charge is 0.313 e. The first-order valence-corrected chi connectivity index (χ1v) is 7.40. The lowest BCUT2D eigenvalue weighted by atomic mass is 9.81. The maximum atomic E-state index is 12.3. The molecule has 2 aliphatic rings. The van der Waals surface area contributed by atoms with E-state index in [0.717, 1.165) is 31.6 Å². The van der Waals surface area contributed by atoms with Gasteiger partial charge >= 0.3 is 5.97 Å². The van der Waals surface area contributed by atoms with Gasteiger partial charge in [0.25, 0.3) is 0 Å². The van der Waals surface area contributed by atoms with E-state index in [0.29, 0.717) is 18.4 Å². The van der Waals surface area contributed by atoms with Crippen molar-refractivity contribution in [3.05, 3.63) is 12.3 Å². The van der Waals surface area contributed by atoms with Crippen LogP contribution in [0.15, 0.2) is 12.3 Å². The number of anilines is 2. The second-order valence-electron chi connectivity index (χ2n) is 6.23. The number of hydrogen-bond donors (Lipinski definition) is 0. The summed E-state index contributed by atoms with van der Waals surface area (Å²) in [6, 6.07) is 1.89. The Balaban J connectivity index is 1.86. The Hall–Kier alpha value is -1.85. The molecule has 2 atom stereocenters. The van der Waals surface area contributed by atoms with Gasteiger partial charge in [-0.15, -0.1) is 0 Å². The summed E-state index contributed by atoms with van der Waals surface area (Å²) in [5.41, 5.74) is -0.355. The Labute approximate surface area is 125 Å². The van der Waals surface area contributed by atoms with Crippen molar-refractivity contribution in [3.8, 4) is 0 Å². The van der Waals surface area contributed by atoms with Crippen molar-refractivity contribution in [2.75, 3.05) is 44.1 Å².